The van der Waals surface area contributed by atoms with E-state index in [0.29, 0.717) is 5.92 Å². The first-order chi connectivity index (χ1) is 8.49. The van der Waals surface area contributed by atoms with E-state index in [1.165, 1.54) is 0 Å². The van der Waals surface area contributed by atoms with Gasteiger partial charge in [-0.2, -0.15) is 0 Å². The highest BCUT2D eigenvalue weighted by Crippen LogP contribution is 2.25. The van der Waals surface area contributed by atoms with Gasteiger partial charge in [-0.15, -0.1) is 0 Å². The molecule has 18 heavy (non-hydrogen) atoms. The van der Waals surface area contributed by atoms with Gasteiger partial charge in [0.05, 0.1) is 5.69 Å². The molecule has 3 nitrogen and oxygen atoms in total. The fourth-order valence-corrected chi connectivity index (χ4v) is 2.37. The topological polar surface area (TPSA) is 55.1 Å². The lowest BCUT2D eigenvalue weighted by Crippen LogP contribution is -2.34. The average Bonchev–Trinajstić information content (AvgIpc) is 2.70. The lowest BCUT2D eigenvalue weighted by atomic mass is 10.1. The van der Waals surface area contributed by atoms with E-state index in [-0.39, 0.29) is 11.7 Å². The predicted molar refractivity (Wildman–Crippen MR) is 65.0 cm³/mol. The molecule has 0 heterocycles. The molecule has 2 atom stereocenters. The van der Waals surface area contributed by atoms with Crippen LogP contribution in [0.15, 0.2) is 12.1 Å². The number of nitrogens with one attached hydrogen (secondary N) is 1. The zero-order valence-corrected chi connectivity index (χ0v) is 10.2. The van der Waals surface area contributed by atoms with Crippen molar-refractivity contribution in [3.8, 4) is 0 Å². The van der Waals surface area contributed by atoms with Gasteiger partial charge in [-0.05, 0) is 37.3 Å². The molecule has 2 unspecified atom stereocenters. The zero-order valence-electron chi connectivity index (χ0n) is 10.2. The lowest BCUT2D eigenvalue weighted by molar-refractivity contribution is 0.0929. The molecule has 1 aliphatic rings. The predicted octanol–water partition coefficient (Wildman–Crippen LogP) is 2.47. The third-order valence-corrected chi connectivity index (χ3v) is 3.38. The van der Waals surface area contributed by atoms with Gasteiger partial charge in [-0.3, -0.25) is 4.79 Å². The number of halogens is 2. The van der Waals surface area contributed by atoms with Crippen molar-refractivity contribution in [2.75, 3.05) is 5.73 Å². The van der Waals surface area contributed by atoms with Crippen molar-refractivity contribution < 1.29 is 13.6 Å². The van der Waals surface area contributed by atoms with Crippen LogP contribution in [0.25, 0.3) is 0 Å². The molecular formula is C13H16F2N2O. The Kier molecular flexibility index (Phi) is 3.50. The first-order valence-electron chi connectivity index (χ1n) is 6.03. The summed E-state index contributed by atoms with van der Waals surface area (Å²) in [6.45, 7) is 2.09. The first kappa shape index (κ1) is 12.8. The zero-order chi connectivity index (χ0) is 13.3. The summed E-state index contributed by atoms with van der Waals surface area (Å²) in [6, 6.07) is 2.11. The summed E-state index contributed by atoms with van der Waals surface area (Å²) in [4.78, 5) is 11.9. The minimum Gasteiger partial charge on any atom is -0.396 e. The molecule has 1 fully saturated rings. The fourth-order valence-electron chi connectivity index (χ4n) is 2.37. The maximum absolute atomic E-state index is 13.6. The quantitative estimate of drug-likeness (QED) is 0.796. The molecule has 0 saturated heterocycles. The molecular weight excluding hydrogens is 238 g/mol. The summed E-state index contributed by atoms with van der Waals surface area (Å²) in [6.07, 6.45) is 2.71. The molecule has 0 aromatic heterocycles. The maximum Gasteiger partial charge on any atom is 0.257 e. The van der Waals surface area contributed by atoms with Gasteiger partial charge < -0.3 is 11.1 Å². The second-order valence-electron chi connectivity index (χ2n) is 4.91. The summed E-state index contributed by atoms with van der Waals surface area (Å²) < 4.78 is 27.1. The highest BCUT2D eigenvalue weighted by atomic mass is 19.1. The molecule has 1 saturated carbocycles. The summed E-state index contributed by atoms with van der Waals surface area (Å²) in [5, 5.41) is 2.66. The van der Waals surface area contributed by atoms with Gasteiger partial charge in [0.2, 0.25) is 0 Å². The second kappa shape index (κ2) is 4.92. The Hall–Kier alpha value is -1.65. The van der Waals surface area contributed by atoms with Crippen LogP contribution in [0.4, 0.5) is 14.5 Å². The number of carbonyl (C=O) groups is 1. The number of carbonyl (C=O) groups excluding carboxylic acids is 1. The van der Waals surface area contributed by atoms with Gasteiger partial charge >= 0.3 is 0 Å². The molecule has 1 aliphatic carbocycles. The minimum atomic E-state index is -0.987. The van der Waals surface area contributed by atoms with Crippen molar-refractivity contribution in [3.63, 3.8) is 0 Å². The number of anilines is 1. The first-order valence-corrected chi connectivity index (χ1v) is 6.03. The van der Waals surface area contributed by atoms with E-state index in [9.17, 15) is 13.6 Å². The van der Waals surface area contributed by atoms with Gasteiger partial charge in [0, 0.05) is 6.04 Å². The molecule has 5 heteroatoms. The standard InChI is InChI=1S/C13H16F2N2O/c1-7-2-3-8(6-7)17-13(18)11-9(14)4-5-10(16)12(11)15/h4-5,7-8H,2-3,6,16H2,1H3,(H,17,18). The Balaban J connectivity index is 2.16. The monoisotopic (exact) mass is 254 g/mol. The smallest absolute Gasteiger partial charge is 0.257 e. The highest BCUT2D eigenvalue weighted by molar-refractivity contribution is 5.95. The van der Waals surface area contributed by atoms with E-state index in [1.54, 1.807) is 0 Å². The Morgan fingerprint density at radius 3 is 2.72 bits per heavy atom. The van der Waals surface area contributed by atoms with E-state index in [1.807, 2.05) is 0 Å². The molecule has 1 amide bonds. The number of nitrogens with two attached hydrogens (primary N) is 1. The Bertz CT molecular complexity index is 476. The third-order valence-electron chi connectivity index (χ3n) is 3.38. The largest absolute Gasteiger partial charge is 0.396 e. The van der Waals surface area contributed by atoms with Gasteiger partial charge in [0.15, 0.2) is 5.82 Å². The molecule has 1 aromatic carbocycles. The van der Waals surface area contributed by atoms with E-state index in [0.717, 1.165) is 31.4 Å². The van der Waals surface area contributed by atoms with Crippen LogP contribution >= 0.6 is 0 Å². The van der Waals surface area contributed by atoms with Crippen molar-refractivity contribution in [1.82, 2.24) is 5.32 Å². The van der Waals surface area contributed by atoms with Crippen LogP contribution in [0.2, 0.25) is 0 Å². The summed E-state index contributed by atoms with van der Waals surface area (Å²) in [5.74, 6) is -2.06. The van der Waals surface area contributed by atoms with Crippen molar-refractivity contribution >= 4 is 11.6 Å². The van der Waals surface area contributed by atoms with Crippen LogP contribution < -0.4 is 11.1 Å². The Labute approximate surface area is 104 Å². The normalized spacial score (nSPS) is 23.1. The van der Waals surface area contributed by atoms with Crippen LogP contribution in [0, 0.1) is 17.6 Å². The van der Waals surface area contributed by atoms with Crippen LogP contribution in [0.3, 0.4) is 0 Å². The number of hydrogen-bond donors (Lipinski definition) is 2. The van der Waals surface area contributed by atoms with Gasteiger partial charge in [-0.1, -0.05) is 6.92 Å². The summed E-state index contributed by atoms with van der Waals surface area (Å²) in [5.41, 5.74) is 4.53. The third kappa shape index (κ3) is 2.44. The van der Waals surface area contributed by atoms with E-state index >= 15 is 0 Å². The van der Waals surface area contributed by atoms with E-state index in [2.05, 4.69) is 12.2 Å². The highest BCUT2D eigenvalue weighted by Gasteiger charge is 2.26. The van der Waals surface area contributed by atoms with Gasteiger partial charge in [0.25, 0.3) is 5.91 Å². The second-order valence-corrected chi connectivity index (χ2v) is 4.91. The van der Waals surface area contributed by atoms with Crippen LogP contribution in [0.5, 0.6) is 0 Å². The molecule has 98 valence electrons. The Morgan fingerprint density at radius 1 is 1.39 bits per heavy atom. The SMILES string of the molecule is CC1CCC(NC(=O)c2c(F)ccc(N)c2F)C1. The molecule has 1 aromatic rings. The van der Waals surface area contributed by atoms with E-state index in [4.69, 9.17) is 5.73 Å². The number of nitrogen functional groups attached to an aromatic ring is 1. The Morgan fingerprint density at radius 2 is 2.11 bits per heavy atom. The van der Waals surface area contributed by atoms with Gasteiger partial charge in [-0.25, -0.2) is 8.78 Å². The molecule has 2 rings (SSSR count). The lowest BCUT2D eigenvalue weighted by Gasteiger charge is -2.13. The number of amides is 1. The van der Waals surface area contributed by atoms with E-state index < -0.39 is 23.1 Å². The maximum atomic E-state index is 13.6. The van der Waals surface area contributed by atoms with Crippen LogP contribution in [-0.4, -0.2) is 11.9 Å². The molecule has 3 N–H and O–H groups in total. The molecule has 0 radical (unpaired) electrons. The summed E-state index contributed by atoms with van der Waals surface area (Å²) in [7, 11) is 0. The molecule has 0 spiro atoms. The van der Waals surface area contributed by atoms with Crippen LogP contribution in [0.1, 0.15) is 36.5 Å². The number of benzene rings is 1. The molecule has 0 bridgehead atoms. The number of hydrogen-bond acceptors (Lipinski definition) is 2. The van der Waals surface area contributed by atoms with Gasteiger partial charge in [0.1, 0.15) is 11.4 Å². The summed E-state index contributed by atoms with van der Waals surface area (Å²) >= 11 is 0. The molecule has 0 aliphatic heterocycles. The fraction of sp³-hybridized carbons (Fsp3) is 0.462. The van der Waals surface area contributed by atoms with Crippen molar-refractivity contribution in [2.24, 2.45) is 5.92 Å². The minimum absolute atomic E-state index is 0.00673. The average molecular weight is 254 g/mol. The van der Waals surface area contributed by atoms with Crippen molar-refractivity contribution in [2.45, 2.75) is 32.2 Å². The van der Waals surface area contributed by atoms with Crippen molar-refractivity contribution in [1.29, 1.82) is 0 Å². The number of rotatable bonds is 2. The van der Waals surface area contributed by atoms with Crippen LogP contribution in [-0.2, 0) is 0 Å². The van der Waals surface area contributed by atoms with Crippen molar-refractivity contribution in [3.05, 3.63) is 29.3 Å².